The van der Waals surface area contributed by atoms with Crippen LogP contribution in [0.1, 0.15) is 39.6 Å². The Balaban J connectivity index is 3.09. The van der Waals surface area contributed by atoms with E-state index in [9.17, 15) is 13.0 Å². The molecule has 0 saturated heterocycles. The smallest absolute Gasteiger partial charge is 0.152 e. The molecule has 0 radical (unpaired) electrons. The SMILES string of the molecule is CCS(=O)(=O)C[C@](C)(N[S+]([O-])C(C)(C)C)c1nccs1. The number of rotatable bonds is 6. The zero-order chi connectivity index (χ0) is 15.6. The highest BCUT2D eigenvalue weighted by atomic mass is 32.2. The van der Waals surface area contributed by atoms with Gasteiger partial charge in [-0.2, -0.15) is 0 Å². The molecule has 1 heterocycles. The van der Waals surface area contributed by atoms with Crippen molar-refractivity contribution in [1.29, 1.82) is 0 Å². The van der Waals surface area contributed by atoms with Crippen LogP contribution in [0.4, 0.5) is 0 Å². The molecule has 5 nitrogen and oxygen atoms in total. The van der Waals surface area contributed by atoms with Gasteiger partial charge in [0.1, 0.15) is 15.3 Å². The van der Waals surface area contributed by atoms with Crippen molar-refractivity contribution in [3.63, 3.8) is 0 Å². The van der Waals surface area contributed by atoms with E-state index in [0.29, 0.717) is 5.01 Å². The minimum atomic E-state index is -3.22. The molecule has 0 aliphatic carbocycles. The summed E-state index contributed by atoms with van der Waals surface area (Å²) >= 11 is -0.0147. The summed E-state index contributed by atoms with van der Waals surface area (Å²) in [6.45, 7) is 8.87. The van der Waals surface area contributed by atoms with Crippen LogP contribution in [0.3, 0.4) is 0 Å². The first-order valence-corrected chi connectivity index (χ1v) is 10.2. The summed E-state index contributed by atoms with van der Waals surface area (Å²) in [6, 6.07) is 0. The number of hydrogen-bond acceptors (Lipinski definition) is 6. The molecule has 0 fully saturated rings. The van der Waals surface area contributed by atoms with Gasteiger partial charge in [-0.05, 0) is 27.7 Å². The summed E-state index contributed by atoms with van der Waals surface area (Å²) < 4.78 is 38.8. The van der Waals surface area contributed by atoms with Crippen molar-refractivity contribution in [1.82, 2.24) is 9.71 Å². The molecule has 0 spiro atoms. The third-order valence-corrected chi connectivity index (χ3v) is 7.41. The zero-order valence-electron chi connectivity index (χ0n) is 12.5. The lowest BCUT2D eigenvalue weighted by Gasteiger charge is -2.33. The molecular weight excluding hydrogens is 316 g/mol. The van der Waals surface area contributed by atoms with E-state index in [0.717, 1.165) is 0 Å². The normalized spacial score (nSPS) is 17.7. The highest BCUT2D eigenvalue weighted by Crippen LogP contribution is 2.28. The Labute approximate surface area is 128 Å². The molecule has 0 amide bonds. The van der Waals surface area contributed by atoms with Crippen LogP contribution in [0, 0.1) is 0 Å². The largest absolute Gasteiger partial charge is 0.598 e. The summed E-state index contributed by atoms with van der Waals surface area (Å²) in [5.74, 6) is -0.0658. The van der Waals surface area contributed by atoms with E-state index in [1.807, 2.05) is 20.8 Å². The Morgan fingerprint density at radius 3 is 2.40 bits per heavy atom. The molecule has 116 valence electrons. The number of nitrogens with one attached hydrogen (secondary N) is 1. The molecule has 0 saturated carbocycles. The molecular formula is C12H22N2O3S3. The maximum Gasteiger partial charge on any atom is 0.152 e. The fourth-order valence-electron chi connectivity index (χ4n) is 1.53. The van der Waals surface area contributed by atoms with Crippen molar-refractivity contribution in [3.05, 3.63) is 16.6 Å². The monoisotopic (exact) mass is 338 g/mol. The Hall–Kier alpha value is -0.150. The maximum absolute atomic E-state index is 12.3. The lowest BCUT2D eigenvalue weighted by Crippen LogP contribution is -2.53. The van der Waals surface area contributed by atoms with Crippen LogP contribution in [0.5, 0.6) is 0 Å². The molecule has 8 heteroatoms. The van der Waals surface area contributed by atoms with Crippen LogP contribution < -0.4 is 4.72 Å². The molecule has 1 unspecified atom stereocenters. The Morgan fingerprint density at radius 1 is 1.40 bits per heavy atom. The molecule has 1 N–H and O–H groups in total. The Morgan fingerprint density at radius 2 is 2.00 bits per heavy atom. The predicted octanol–water partition coefficient (Wildman–Crippen LogP) is 1.84. The maximum atomic E-state index is 12.3. The van der Waals surface area contributed by atoms with E-state index in [4.69, 9.17) is 0 Å². The topological polar surface area (TPSA) is 82.1 Å². The first kappa shape index (κ1) is 17.9. The summed E-state index contributed by atoms with van der Waals surface area (Å²) in [6.07, 6.45) is 1.62. The first-order valence-electron chi connectivity index (χ1n) is 6.30. The molecule has 0 aliphatic rings. The lowest BCUT2D eigenvalue weighted by atomic mass is 10.1. The summed E-state index contributed by atoms with van der Waals surface area (Å²) in [4.78, 5) is 4.20. The van der Waals surface area contributed by atoms with Crippen molar-refractivity contribution in [2.45, 2.75) is 44.9 Å². The first-order chi connectivity index (χ1) is 9.00. The molecule has 2 atom stereocenters. The average Bonchev–Trinajstić information content (AvgIpc) is 2.80. The predicted molar refractivity (Wildman–Crippen MR) is 84.8 cm³/mol. The number of sulfone groups is 1. The Kier molecular flexibility index (Phi) is 5.65. The molecule has 0 bridgehead atoms. The van der Waals surface area contributed by atoms with Gasteiger partial charge < -0.3 is 4.55 Å². The fraction of sp³-hybridized carbons (Fsp3) is 0.750. The van der Waals surface area contributed by atoms with Gasteiger partial charge in [0.25, 0.3) is 0 Å². The average molecular weight is 339 g/mol. The third-order valence-electron chi connectivity index (χ3n) is 2.73. The molecule has 1 aromatic rings. The van der Waals surface area contributed by atoms with Crippen LogP contribution in [-0.4, -0.2) is 34.2 Å². The van der Waals surface area contributed by atoms with Gasteiger partial charge in [-0.25, -0.2) is 13.4 Å². The van der Waals surface area contributed by atoms with E-state index in [1.165, 1.54) is 11.3 Å². The molecule has 1 aromatic heterocycles. The second-order valence-corrected chi connectivity index (χ2v) is 11.0. The Bertz CT molecular complexity index is 523. The van der Waals surface area contributed by atoms with Gasteiger partial charge >= 0.3 is 0 Å². The minimum Gasteiger partial charge on any atom is -0.598 e. The van der Waals surface area contributed by atoms with Gasteiger partial charge in [-0.1, -0.05) is 6.92 Å². The second-order valence-electron chi connectivity index (χ2n) is 5.83. The number of hydrogen-bond donors (Lipinski definition) is 1. The summed E-state index contributed by atoms with van der Waals surface area (Å²) in [5, 5.41) is 2.42. The van der Waals surface area contributed by atoms with Gasteiger partial charge in [0, 0.05) is 28.7 Å². The van der Waals surface area contributed by atoms with Gasteiger partial charge in [-0.3, -0.25) is 0 Å². The van der Waals surface area contributed by atoms with E-state index < -0.39 is 31.5 Å². The fourth-order valence-corrected chi connectivity index (χ4v) is 4.71. The number of thiazole rings is 1. The highest BCUT2D eigenvalue weighted by Gasteiger charge is 2.41. The molecule has 0 aromatic carbocycles. The van der Waals surface area contributed by atoms with Crippen molar-refractivity contribution >= 4 is 32.5 Å². The summed E-state index contributed by atoms with van der Waals surface area (Å²) in [5.41, 5.74) is -0.943. The lowest BCUT2D eigenvalue weighted by molar-refractivity contribution is 0.451. The van der Waals surface area contributed by atoms with Crippen molar-refractivity contribution in [2.24, 2.45) is 0 Å². The highest BCUT2D eigenvalue weighted by molar-refractivity contribution is 7.92. The van der Waals surface area contributed by atoms with Crippen LogP contribution in [0.15, 0.2) is 11.6 Å². The van der Waals surface area contributed by atoms with Crippen LogP contribution in [0.2, 0.25) is 0 Å². The van der Waals surface area contributed by atoms with E-state index in [1.54, 1.807) is 25.4 Å². The second kappa shape index (κ2) is 6.31. The zero-order valence-corrected chi connectivity index (χ0v) is 14.9. The van der Waals surface area contributed by atoms with Gasteiger partial charge in [0.05, 0.1) is 5.75 Å². The summed E-state index contributed by atoms with van der Waals surface area (Å²) in [7, 11) is -3.22. The third kappa shape index (κ3) is 4.70. The quantitative estimate of drug-likeness (QED) is 0.800. The molecule has 0 aliphatic heterocycles. The van der Waals surface area contributed by atoms with Crippen LogP contribution in [0.25, 0.3) is 0 Å². The van der Waals surface area contributed by atoms with Gasteiger partial charge in [-0.15, -0.1) is 16.1 Å². The number of aromatic nitrogens is 1. The van der Waals surface area contributed by atoms with Crippen molar-refractivity contribution in [3.8, 4) is 0 Å². The molecule has 20 heavy (non-hydrogen) atoms. The van der Waals surface area contributed by atoms with Gasteiger partial charge in [0.2, 0.25) is 0 Å². The number of nitrogens with zero attached hydrogens (tertiary/aromatic N) is 1. The van der Waals surface area contributed by atoms with E-state index in [2.05, 4.69) is 9.71 Å². The van der Waals surface area contributed by atoms with Crippen LogP contribution in [-0.2, 0) is 26.7 Å². The van der Waals surface area contributed by atoms with E-state index in [-0.39, 0.29) is 11.5 Å². The standard InChI is InChI=1S/C12H22N2O3S3/c1-6-20(16,17)9-12(5,10-13-7-8-18-10)14-19(15)11(2,3)4/h7-8,14H,6,9H2,1-5H3/t12-,19?/m0/s1. The van der Waals surface area contributed by atoms with Crippen LogP contribution >= 0.6 is 11.3 Å². The molecule has 1 rings (SSSR count). The van der Waals surface area contributed by atoms with E-state index >= 15 is 0 Å². The van der Waals surface area contributed by atoms with Gasteiger partial charge in [0.15, 0.2) is 9.84 Å². The minimum absolute atomic E-state index is 0.0534. The van der Waals surface area contributed by atoms with Crippen molar-refractivity contribution in [2.75, 3.05) is 11.5 Å². The van der Waals surface area contributed by atoms with Crippen molar-refractivity contribution < 1.29 is 13.0 Å².